The topological polar surface area (TPSA) is 155 Å². The number of hydrogen-bond donors (Lipinski definition) is 0. The van der Waals surface area contributed by atoms with E-state index in [1.165, 1.54) is 0 Å². The van der Waals surface area contributed by atoms with Crippen molar-refractivity contribution in [2.75, 3.05) is 0 Å². The van der Waals surface area contributed by atoms with Crippen molar-refractivity contribution in [2.24, 2.45) is 0 Å². The molecule has 464 valence electrons. The zero-order valence-corrected chi connectivity index (χ0v) is 53.4. The lowest BCUT2D eigenvalue weighted by atomic mass is 9.95. The van der Waals surface area contributed by atoms with Crippen LogP contribution in [0.2, 0.25) is 0 Å². The van der Waals surface area contributed by atoms with Crippen molar-refractivity contribution in [3.8, 4) is 90.1 Å². The fourth-order valence-electron chi connectivity index (χ4n) is 13.7. The van der Waals surface area contributed by atoms with Crippen molar-refractivity contribution < 1.29 is 0 Å². The Kier molecular flexibility index (Phi) is 13.9. The Labute approximate surface area is 571 Å². The first-order valence-corrected chi connectivity index (χ1v) is 33.0. The fourth-order valence-corrected chi connectivity index (χ4v) is 13.7. The smallest absolute Gasteiger partial charge is 0.116 e. The number of nitrogens with zero attached hydrogens (tertiary/aromatic N) is 12. The van der Waals surface area contributed by atoms with E-state index in [1.54, 1.807) is 25.0 Å². The molecule has 20 rings (SSSR count). The summed E-state index contributed by atoms with van der Waals surface area (Å²) in [6.45, 7) is 0. The van der Waals surface area contributed by atoms with Gasteiger partial charge in [-0.05, 0) is 141 Å². The summed E-state index contributed by atoms with van der Waals surface area (Å²) < 4.78 is 0. The summed E-state index contributed by atoms with van der Waals surface area (Å²) in [6.07, 6.45) is 10.2. The van der Waals surface area contributed by atoms with Crippen LogP contribution in [0, 0.1) is 0 Å². The summed E-state index contributed by atoms with van der Waals surface area (Å²) >= 11 is 0. The van der Waals surface area contributed by atoms with Crippen molar-refractivity contribution in [2.45, 2.75) is 0 Å². The Morgan fingerprint density at radius 2 is 0.510 bits per heavy atom. The largest absolute Gasteiger partial charge is 0.254 e. The third kappa shape index (κ3) is 10.6. The lowest BCUT2D eigenvalue weighted by Gasteiger charge is -2.13. The number of pyridine rings is 8. The number of aromatic nitrogens is 12. The van der Waals surface area contributed by atoms with E-state index in [9.17, 15) is 0 Å². The molecule has 10 aromatic heterocycles. The molecule has 10 heterocycles. The van der Waals surface area contributed by atoms with Gasteiger partial charge < -0.3 is 0 Å². The first-order chi connectivity index (χ1) is 49.5. The standard InChI is InChI=1S/2C44H26N6/c1-2-29-5-6-30-15-17-38(50-44(30)43(29)46-20-1)36-12-10-31-22-35(11-9-32(31)23-36)37-16-13-27-3-7-33(24-41(27)48-37)34-8-4-28-14-18-40(49-42(28)25-34)39-19-21-45-26-47-39;1-2-6-34-33(5-1)35(16-17-36(34)38-19-15-30-10-9-29-4-3-22-46-43(29)44(30)50-38)37-18-13-27-7-11-31(24-41(27)48-37)32-12-8-28-14-20-40(49-42(28)25-32)39-21-23-45-26-47-39/h2*1-26H. The summed E-state index contributed by atoms with van der Waals surface area (Å²) in [5.74, 6) is 0. The minimum atomic E-state index is 0.801. The quantitative estimate of drug-likeness (QED) is 0.133. The van der Waals surface area contributed by atoms with Gasteiger partial charge in [0.15, 0.2) is 0 Å². The number of fused-ring (bicyclic) bond motifs is 12. The molecule has 0 N–H and O–H groups in total. The molecular weight excluding hydrogens is 1230 g/mol. The van der Waals surface area contributed by atoms with Crippen molar-refractivity contribution >= 4 is 109 Å². The van der Waals surface area contributed by atoms with E-state index in [-0.39, 0.29) is 0 Å². The maximum atomic E-state index is 5.22. The first kappa shape index (κ1) is 57.6. The zero-order valence-electron chi connectivity index (χ0n) is 53.4. The third-order valence-electron chi connectivity index (χ3n) is 18.9. The molecule has 100 heavy (non-hydrogen) atoms. The molecule has 0 radical (unpaired) electrons. The van der Waals surface area contributed by atoms with Crippen LogP contribution < -0.4 is 0 Å². The predicted molar refractivity (Wildman–Crippen MR) is 405 cm³/mol. The minimum absolute atomic E-state index is 0.801. The van der Waals surface area contributed by atoms with Gasteiger partial charge in [-0.25, -0.2) is 49.8 Å². The van der Waals surface area contributed by atoms with Gasteiger partial charge >= 0.3 is 0 Å². The molecule has 0 saturated carbocycles. The summed E-state index contributed by atoms with van der Waals surface area (Å²) in [6, 6.07) is 97.0. The van der Waals surface area contributed by atoms with Gasteiger partial charge in [-0.15, -0.1) is 0 Å². The number of rotatable bonds is 8. The van der Waals surface area contributed by atoms with Gasteiger partial charge in [0.1, 0.15) is 12.7 Å². The van der Waals surface area contributed by atoms with Gasteiger partial charge in [0.05, 0.1) is 89.7 Å². The normalized spacial score (nSPS) is 11.6. The molecule has 0 atom stereocenters. The van der Waals surface area contributed by atoms with Crippen LogP contribution in [0.3, 0.4) is 0 Å². The van der Waals surface area contributed by atoms with Crippen LogP contribution in [0.1, 0.15) is 0 Å². The Morgan fingerprint density at radius 1 is 0.180 bits per heavy atom. The van der Waals surface area contributed by atoms with Gasteiger partial charge in [-0.1, -0.05) is 182 Å². The van der Waals surface area contributed by atoms with Crippen molar-refractivity contribution in [1.29, 1.82) is 0 Å². The van der Waals surface area contributed by atoms with Crippen LogP contribution in [0.5, 0.6) is 0 Å². The van der Waals surface area contributed by atoms with Crippen LogP contribution in [0.15, 0.2) is 316 Å². The monoisotopic (exact) mass is 1280 g/mol. The molecule has 20 aromatic rings. The van der Waals surface area contributed by atoms with E-state index < -0.39 is 0 Å². The number of hydrogen-bond acceptors (Lipinski definition) is 12. The van der Waals surface area contributed by atoms with Gasteiger partial charge in [0, 0.05) is 90.1 Å². The van der Waals surface area contributed by atoms with Crippen LogP contribution in [0.25, 0.3) is 199 Å². The van der Waals surface area contributed by atoms with Gasteiger partial charge in [0.25, 0.3) is 0 Å². The minimum Gasteiger partial charge on any atom is -0.254 e. The zero-order chi connectivity index (χ0) is 66.0. The molecule has 0 saturated heterocycles. The van der Waals surface area contributed by atoms with Crippen LogP contribution in [-0.2, 0) is 0 Å². The summed E-state index contributed by atoms with van der Waals surface area (Å²) in [4.78, 5) is 56.5. The Balaban J connectivity index is 0.000000139. The predicted octanol–water partition coefficient (Wildman–Crippen LogP) is 21.0. The molecular formula is C88H52N12. The van der Waals surface area contributed by atoms with E-state index in [0.717, 1.165) is 199 Å². The average molecular weight is 1280 g/mol. The molecule has 0 spiro atoms. The SMILES string of the molecule is c1cnc2c(c1)ccc1ccc(-c3ccc(-c4ccc5ccc(-c6ccc7ccc(-c8ccncn8)nc7c6)cc5n4)c4ccccc34)nc12.c1cnc2c(c1)ccc1ccc(-c3ccc4cc(-c5ccc6ccc(-c7ccc8ccc(-c9ccncn9)nc8c7)cc6n5)ccc4c3)nc12. The van der Waals surface area contributed by atoms with Gasteiger partial charge in [0.2, 0.25) is 0 Å². The third-order valence-corrected chi connectivity index (χ3v) is 18.9. The molecule has 0 amide bonds. The summed E-state index contributed by atoms with van der Waals surface area (Å²) in [7, 11) is 0. The summed E-state index contributed by atoms with van der Waals surface area (Å²) in [5, 5.41) is 13.2. The van der Waals surface area contributed by atoms with Gasteiger partial charge in [-0.3, -0.25) is 9.97 Å². The van der Waals surface area contributed by atoms with Crippen LogP contribution in [-0.4, -0.2) is 59.8 Å². The lowest BCUT2D eigenvalue weighted by molar-refractivity contribution is 1.16. The Hall–Kier alpha value is -13.8. The van der Waals surface area contributed by atoms with Crippen molar-refractivity contribution in [3.63, 3.8) is 0 Å². The Bertz CT molecular complexity index is 6690. The molecule has 0 fully saturated rings. The van der Waals surface area contributed by atoms with E-state index in [1.807, 2.05) is 48.8 Å². The van der Waals surface area contributed by atoms with Gasteiger partial charge in [-0.2, -0.15) is 0 Å². The highest BCUT2D eigenvalue weighted by Gasteiger charge is 2.17. The lowest BCUT2D eigenvalue weighted by Crippen LogP contribution is -1.92. The van der Waals surface area contributed by atoms with E-state index >= 15 is 0 Å². The van der Waals surface area contributed by atoms with E-state index in [0.29, 0.717) is 0 Å². The highest BCUT2D eigenvalue weighted by molar-refractivity contribution is 6.08. The number of benzene rings is 10. The van der Waals surface area contributed by atoms with Crippen LogP contribution >= 0.6 is 0 Å². The molecule has 0 aliphatic rings. The molecule has 12 heteroatoms. The van der Waals surface area contributed by atoms with E-state index in [4.69, 9.17) is 29.9 Å². The van der Waals surface area contributed by atoms with Crippen molar-refractivity contribution in [1.82, 2.24) is 59.8 Å². The summed E-state index contributed by atoms with van der Waals surface area (Å²) in [5.41, 5.74) is 23.0. The second kappa shape index (κ2) is 24.1. The molecule has 0 aliphatic heterocycles. The Morgan fingerprint density at radius 3 is 0.950 bits per heavy atom. The maximum absolute atomic E-state index is 5.22. The molecule has 0 aliphatic carbocycles. The molecule has 12 nitrogen and oxygen atoms in total. The second-order valence-electron chi connectivity index (χ2n) is 24.9. The fraction of sp³-hybridized carbons (Fsp3) is 0. The van der Waals surface area contributed by atoms with Crippen LogP contribution in [0.4, 0.5) is 0 Å². The molecule has 0 unspecified atom stereocenters. The maximum Gasteiger partial charge on any atom is 0.116 e. The highest BCUT2D eigenvalue weighted by Crippen LogP contribution is 2.39. The van der Waals surface area contributed by atoms with E-state index in [2.05, 4.69) is 273 Å². The first-order valence-electron chi connectivity index (χ1n) is 33.0. The molecule has 0 bridgehead atoms. The average Bonchev–Trinajstić information content (AvgIpc) is 0.776. The second-order valence-corrected chi connectivity index (χ2v) is 24.9. The highest BCUT2D eigenvalue weighted by atomic mass is 14.9. The van der Waals surface area contributed by atoms with Crippen molar-refractivity contribution in [3.05, 3.63) is 316 Å². The molecule has 10 aromatic carbocycles.